The number of nitrogens with zero attached hydrogens (tertiary/aromatic N) is 2. The van der Waals surface area contributed by atoms with Gasteiger partial charge < -0.3 is 17.3 Å². The van der Waals surface area contributed by atoms with Crippen LogP contribution in [-0.2, 0) is 19.8 Å². The van der Waals surface area contributed by atoms with Gasteiger partial charge in [-0.15, -0.1) is 0 Å². The molecular weight excluding hydrogens is 364 g/mol. The lowest BCUT2D eigenvalue weighted by molar-refractivity contribution is -0.667. The second kappa shape index (κ2) is 7.39. The third-order valence-corrected chi connectivity index (χ3v) is 3.54. The van der Waals surface area contributed by atoms with E-state index < -0.39 is 19.3 Å². The smallest absolute Gasteiger partial charge is 0.418 e. The average Bonchev–Trinajstić information content (AvgIpc) is 2.80. The molecule has 0 aliphatic carbocycles. The Morgan fingerprint density at radius 1 is 0.885 bits per heavy atom. The number of halogens is 7. The standard InChI is InChI=1S/C16H14F3N2.BF4/c1-20-13-9-5-6-10-14(13)21(15(20)16(17,18)19)11-12-7-3-2-4-8-12;2-1(3,4)5/h2-10H,11H2,1H3;/q+1;-1. The van der Waals surface area contributed by atoms with Crippen LogP contribution in [0.5, 0.6) is 0 Å². The molecule has 3 aromatic rings. The summed E-state index contributed by atoms with van der Waals surface area (Å²) in [5, 5.41) is 0. The summed E-state index contributed by atoms with van der Waals surface area (Å²) < 4.78 is 81.8. The molecule has 0 saturated heterocycles. The molecule has 140 valence electrons. The van der Waals surface area contributed by atoms with Crippen molar-refractivity contribution in [2.75, 3.05) is 0 Å². The Labute approximate surface area is 144 Å². The number of aromatic nitrogens is 2. The van der Waals surface area contributed by atoms with Gasteiger partial charge in [0.2, 0.25) is 0 Å². The van der Waals surface area contributed by atoms with Gasteiger partial charge >= 0.3 is 19.3 Å². The van der Waals surface area contributed by atoms with E-state index in [9.17, 15) is 30.4 Å². The molecule has 0 amide bonds. The fraction of sp³-hybridized carbons (Fsp3) is 0.188. The van der Waals surface area contributed by atoms with E-state index in [1.54, 1.807) is 24.3 Å². The number of para-hydroxylation sites is 2. The van der Waals surface area contributed by atoms with Crippen LogP contribution in [0, 0.1) is 0 Å². The average molecular weight is 378 g/mol. The van der Waals surface area contributed by atoms with Crippen molar-refractivity contribution >= 4 is 18.3 Å². The minimum Gasteiger partial charge on any atom is -0.418 e. The molecule has 0 unspecified atom stereocenters. The van der Waals surface area contributed by atoms with E-state index in [4.69, 9.17) is 0 Å². The Balaban J connectivity index is 0.000000431. The molecule has 1 aromatic heterocycles. The van der Waals surface area contributed by atoms with Crippen LogP contribution < -0.4 is 4.57 Å². The molecule has 2 nitrogen and oxygen atoms in total. The first-order valence-corrected chi connectivity index (χ1v) is 7.44. The number of hydrogen-bond donors (Lipinski definition) is 0. The van der Waals surface area contributed by atoms with E-state index in [0.717, 1.165) is 5.56 Å². The van der Waals surface area contributed by atoms with Crippen molar-refractivity contribution in [1.82, 2.24) is 4.57 Å². The Hall–Kier alpha value is -2.52. The van der Waals surface area contributed by atoms with Crippen molar-refractivity contribution < 1.29 is 35.0 Å². The van der Waals surface area contributed by atoms with Crippen molar-refractivity contribution in [2.24, 2.45) is 7.05 Å². The normalized spacial score (nSPS) is 12.0. The summed E-state index contributed by atoms with van der Waals surface area (Å²) in [7, 11) is -4.55. The number of alkyl halides is 3. The van der Waals surface area contributed by atoms with Crippen LogP contribution in [0.2, 0.25) is 0 Å². The van der Waals surface area contributed by atoms with Crippen molar-refractivity contribution in [2.45, 2.75) is 12.7 Å². The first-order valence-electron chi connectivity index (χ1n) is 7.44. The van der Waals surface area contributed by atoms with Gasteiger partial charge in [0, 0.05) is 0 Å². The zero-order chi connectivity index (χ0) is 19.5. The summed E-state index contributed by atoms with van der Waals surface area (Å²) in [4.78, 5) is 0. The lowest BCUT2D eigenvalue weighted by Crippen LogP contribution is -2.38. The van der Waals surface area contributed by atoms with Crippen LogP contribution in [0.15, 0.2) is 54.6 Å². The molecule has 0 spiro atoms. The highest BCUT2D eigenvalue weighted by atomic mass is 19.5. The fourth-order valence-electron chi connectivity index (χ4n) is 2.65. The van der Waals surface area contributed by atoms with Crippen LogP contribution >= 0.6 is 0 Å². The van der Waals surface area contributed by atoms with E-state index in [2.05, 4.69) is 0 Å². The van der Waals surface area contributed by atoms with Crippen molar-refractivity contribution in [1.29, 1.82) is 0 Å². The van der Waals surface area contributed by atoms with E-state index in [-0.39, 0.29) is 6.54 Å². The van der Waals surface area contributed by atoms with Gasteiger partial charge in [-0.3, -0.25) is 0 Å². The molecule has 10 heteroatoms. The predicted octanol–water partition coefficient (Wildman–Crippen LogP) is 4.83. The SMILES string of the molecule is C[n+]1c(C(F)(F)F)n(Cc2ccccc2)c2ccccc21.F[B-](F)(F)F. The zero-order valence-corrected chi connectivity index (χ0v) is 13.5. The summed E-state index contributed by atoms with van der Waals surface area (Å²) in [5.41, 5.74) is 1.99. The van der Waals surface area contributed by atoms with Gasteiger partial charge in [-0.25, -0.2) is 9.13 Å². The molecule has 0 bridgehead atoms. The summed E-state index contributed by atoms with van der Waals surface area (Å²) >= 11 is 0. The highest BCUT2D eigenvalue weighted by Crippen LogP contribution is 2.30. The minimum absolute atomic E-state index is 0.192. The molecular formula is C16H14BF7N2. The molecule has 26 heavy (non-hydrogen) atoms. The van der Waals surface area contributed by atoms with Gasteiger partial charge in [-0.2, -0.15) is 13.2 Å². The van der Waals surface area contributed by atoms with Crippen LogP contribution in [-0.4, -0.2) is 11.8 Å². The number of benzene rings is 2. The first-order chi connectivity index (χ1) is 12.0. The predicted molar refractivity (Wildman–Crippen MR) is 83.8 cm³/mol. The summed E-state index contributed by atoms with van der Waals surface area (Å²) in [6.07, 6.45) is -4.40. The zero-order valence-electron chi connectivity index (χ0n) is 13.5. The Bertz CT molecular complexity index is 864. The monoisotopic (exact) mass is 378 g/mol. The molecule has 0 atom stereocenters. The summed E-state index contributed by atoms with van der Waals surface area (Å²) in [6, 6.07) is 16.1. The van der Waals surface area contributed by atoms with E-state index in [1.807, 2.05) is 30.3 Å². The second-order valence-corrected chi connectivity index (χ2v) is 5.44. The minimum atomic E-state index is -6.00. The third-order valence-electron chi connectivity index (χ3n) is 3.54. The molecule has 0 fully saturated rings. The number of imidazole rings is 1. The van der Waals surface area contributed by atoms with Crippen molar-refractivity contribution in [3.05, 3.63) is 66.0 Å². The van der Waals surface area contributed by atoms with Gasteiger partial charge in [0.15, 0.2) is 11.0 Å². The summed E-state index contributed by atoms with van der Waals surface area (Å²) in [5.74, 6) is -0.646. The van der Waals surface area contributed by atoms with Crippen LogP contribution in [0.1, 0.15) is 11.4 Å². The molecule has 3 rings (SSSR count). The molecule has 0 saturated carbocycles. The number of fused-ring (bicyclic) bond motifs is 1. The Kier molecular flexibility index (Phi) is 5.63. The molecule has 0 aliphatic rings. The van der Waals surface area contributed by atoms with E-state index in [0.29, 0.717) is 11.0 Å². The lowest BCUT2D eigenvalue weighted by atomic mass is 10.2. The maximum absolute atomic E-state index is 13.4. The van der Waals surface area contributed by atoms with Gasteiger partial charge in [0.05, 0.1) is 7.05 Å². The lowest BCUT2D eigenvalue weighted by Gasteiger charge is -2.06. The third kappa shape index (κ3) is 4.99. The molecule has 0 N–H and O–H groups in total. The highest BCUT2D eigenvalue weighted by molar-refractivity contribution is 6.50. The Morgan fingerprint density at radius 3 is 1.92 bits per heavy atom. The van der Waals surface area contributed by atoms with Gasteiger partial charge in [-0.05, 0) is 17.7 Å². The molecule has 2 aromatic carbocycles. The maximum Gasteiger partial charge on any atom is 0.673 e. The fourth-order valence-corrected chi connectivity index (χ4v) is 2.65. The van der Waals surface area contributed by atoms with Crippen molar-refractivity contribution in [3.63, 3.8) is 0 Å². The van der Waals surface area contributed by atoms with Gasteiger partial charge in [-0.1, -0.05) is 42.5 Å². The van der Waals surface area contributed by atoms with Crippen molar-refractivity contribution in [3.8, 4) is 0 Å². The molecule has 0 radical (unpaired) electrons. The van der Waals surface area contributed by atoms with Crippen LogP contribution in [0.4, 0.5) is 30.4 Å². The number of rotatable bonds is 2. The highest BCUT2D eigenvalue weighted by Gasteiger charge is 2.46. The maximum atomic E-state index is 13.4. The Morgan fingerprint density at radius 2 is 1.38 bits per heavy atom. The second-order valence-electron chi connectivity index (χ2n) is 5.44. The topological polar surface area (TPSA) is 8.81 Å². The molecule has 0 aliphatic heterocycles. The van der Waals surface area contributed by atoms with Crippen LogP contribution in [0.3, 0.4) is 0 Å². The first kappa shape index (κ1) is 19.8. The van der Waals surface area contributed by atoms with Gasteiger partial charge in [0.25, 0.3) is 0 Å². The number of hydrogen-bond acceptors (Lipinski definition) is 0. The quantitative estimate of drug-likeness (QED) is 0.343. The van der Waals surface area contributed by atoms with Gasteiger partial charge in [0.1, 0.15) is 6.54 Å². The van der Waals surface area contributed by atoms with E-state index in [1.165, 1.54) is 16.2 Å². The largest absolute Gasteiger partial charge is 0.673 e. The molecule has 1 heterocycles. The van der Waals surface area contributed by atoms with Crippen LogP contribution in [0.25, 0.3) is 11.0 Å². The number of aryl methyl sites for hydroxylation is 1. The summed E-state index contributed by atoms with van der Waals surface area (Å²) in [6.45, 7) is 0.192. The van der Waals surface area contributed by atoms with E-state index >= 15 is 0 Å².